The van der Waals surface area contributed by atoms with E-state index in [0.29, 0.717) is 43.8 Å². The van der Waals surface area contributed by atoms with Crippen LogP contribution in [0.15, 0.2) is 18.2 Å². The number of aliphatic carboxylic acids is 1. The number of urea groups is 1. The third-order valence-corrected chi connectivity index (χ3v) is 5.44. The number of hydrogen-bond donors (Lipinski definition) is 2. The molecule has 0 radical (unpaired) electrons. The average molecular weight is 375 g/mol. The lowest BCUT2D eigenvalue weighted by molar-refractivity contribution is -0.152. The van der Waals surface area contributed by atoms with Crippen LogP contribution in [0.4, 0.5) is 10.5 Å². The van der Waals surface area contributed by atoms with E-state index in [1.54, 1.807) is 24.1 Å². The molecule has 1 unspecified atom stereocenters. The molecule has 2 saturated heterocycles. The molecule has 3 rings (SSSR count). The standard InChI is InChI=1S/C19H25N3O5/c1-13-11-14(27-2)5-6-15(13)20-18(26)22-10-4-8-19(22)7-3-9-21(17(19)25)12-16(23)24/h5-6,11H,3-4,7-10,12H2,1-2H3,(H,20,26)(H,23,24). The Morgan fingerprint density at radius 3 is 2.59 bits per heavy atom. The summed E-state index contributed by atoms with van der Waals surface area (Å²) >= 11 is 0. The first-order chi connectivity index (χ1) is 12.9. The van der Waals surface area contributed by atoms with Crippen LogP contribution in [0.2, 0.25) is 0 Å². The number of amides is 3. The largest absolute Gasteiger partial charge is 0.497 e. The Morgan fingerprint density at radius 2 is 1.96 bits per heavy atom. The minimum absolute atomic E-state index is 0.254. The average Bonchev–Trinajstić information content (AvgIpc) is 3.05. The molecule has 3 amide bonds. The number of rotatable bonds is 4. The van der Waals surface area contributed by atoms with Crippen molar-refractivity contribution < 1.29 is 24.2 Å². The zero-order chi connectivity index (χ0) is 19.6. The number of nitrogens with one attached hydrogen (secondary N) is 1. The van der Waals surface area contributed by atoms with Gasteiger partial charge in [-0.05, 0) is 56.4 Å². The predicted molar refractivity (Wildman–Crippen MR) is 98.9 cm³/mol. The maximum Gasteiger partial charge on any atom is 0.323 e. The molecule has 146 valence electrons. The summed E-state index contributed by atoms with van der Waals surface area (Å²) in [5.74, 6) is -0.589. The highest BCUT2D eigenvalue weighted by atomic mass is 16.5. The molecule has 8 heteroatoms. The lowest BCUT2D eigenvalue weighted by Crippen LogP contribution is -2.62. The zero-order valence-electron chi connectivity index (χ0n) is 15.7. The molecule has 2 heterocycles. The molecule has 0 bridgehead atoms. The van der Waals surface area contributed by atoms with Gasteiger partial charge < -0.3 is 25.0 Å². The second-order valence-corrected chi connectivity index (χ2v) is 7.12. The van der Waals surface area contributed by atoms with Gasteiger partial charge in [0.2, 0.25) is 5.91 Å². The highest BCUT2D eigenvalue weighted by Crippen LogP contribution is 2.38. The van der Waals surface area contributed by atoms with E-state index in [1.807, 2.05) is 13.0 Å². The molecule has 1 aromatic rings. The number of carboxylic acid groups (broad SMARTS) is 1. The fourth-order valence-corrected chi connectivity index (χ4v) is 4.12. The molecule has 1 atom stereocenters. The van der Waals surface area contributed by atoms with Gasteiger partial charge in [0.25, 0.3) is 0 Å². The Morgan fingerprint density at radius 1 is 1.26 bits per heavy atom. The summed E-state index contributed by atoms with van der Waals surface area (Å²) in [6.45, 7) is 2.44. The van der Waals surface area contributed by atoms with Gasteiger partial charge in [-0.15, -0.1) is 0 Å². The lowest BCUT2D eigenvalue weighted by atomic mass is 9.85. The van der Waals surface area contributed by atoms with Crippen molar-refractivity contribution in [2.45, 2.75) is 38.1 Å². The number of benzene rings is 1. The van der Waals surface area contributed by atoms with E-state index in [2.05, 4.69) is 5.32 Å². The highest BCUT2D eigenvalue weighted by molar-refractivity contribution is 5.98. The quantitative estimate of drug-likeness (QED) is 0.839. The smallest absolute Gasteiger partial charge is 0.323 e. The first-order valence-electron chi connectivity index (χ1n) is 9.12. The molecule has 0 aromatic heterocycles. The summed E-state index contributed by atoms with van der Waals surface area (Å²) in [6, 6.07) is 5.04. The topological polar surface area (TPSA) is 99.2 Å². The molecule has 0 aliphatic carbocycles. The second kappa shape index (κ2) is 7.46. The van der Waals surface area contributed by atoms with Crippen LogP contribution >= 0.6 is 0 Å². The number of nitrogens with zero attached hydrogens (tertiary/aromatic N) is 2. The SMILES string of the molecule is COc1ccc(NC(=O)N2CCCC23CCCN(CC(=O)O)C3=O)c(C)c1. The Bertz CT molecular complexity index is 766. The van der Waals surface area contributed by atoms with Crippen LogP contribution in [-0.2, 0) is 9.59 Å². The summed E-state index contributed by atoms with van der Waals surface area (Å²) in [4.78, 5) is 40.0. The van der Waals surface area contributed by atoms with E-state index >= 15 is 0 Å². The van der Waals surface area contributed by atoms with Gasteiger partial charge in [-0.25, -0.2) is 4.79 Å². The van der Waals surface area contributed by atoms with Crippen molar-refractivity contribution >= 4 is 23.6 Å². The molecular formula is C19H25N3O5. The van der Waals surface area contributed by atoms with Crippen LogP contribution in [-0.4, -0.2) is 65.1 Å². The number of carboxylic acids is 1. The number of hydrogen-bond acceptors (Lipinski definition) is 4. The maximum atomic E-state index is 13.0. The van der Waals surface area contributed by atoms with E-state index < -0.39 is 11.5 Å². The van der Waals surface area contributed by atoms with Crippen molar-refractivity contribution in [2.24, 2.45) is 0 Å². The molecule has 1 spiro atoms. The van der Waals surface area contributed by atoms with Gasteiger partial charge in [0, 0.05) is 18.8 Å². The first-order valence-corrected chi connectivity index (χ1v) is 9.12. The van der Waals surface area contributed by atoms with E-state index in [9.17, 15) is 14.4 Å². The van der Waals surface area contributed by atoms with Crippen molar-refractivity contribution in [3.8, 4) is 5.75 Å². The van der Waals surface area contributed by atoms with E-state index in [-0.39, 0.29) is 18.5 Å². The Hall–Kier alpha value is -2.77. The minimum atomic E-state index is -1.04. The molecule has 0 saturated carbocycles. The van der Waals surface area contributed by atoms with Gasteiger partial charge in [-0.1, -0.05) is 0 Å². The lowest BCUT2D eigenvalue weighted by Gasteiger charge is -2.44. The van der Waals surface area contributed by atoms with E-state index in [4.69, 9.17) is 9.84 Å². The van der Waals surface area contributed by atoms with Gasteiger partial charge >= 0.3 is 12.0 Å². The first kappa shape index (κ1) is 19.0. The van der Waals surface area contributed by atoms with Crippen LogP contribution in [0.3, 0.4) is 0 Å². The van der Waals surface area contributed by atoms with Crippen LogP contribution in [0.25, 0.3) is 0 Å². The van der Waals surface area contributed by atoms with Crippen molar-refractivity contribution in [3.05, 3.63) is 23.8 Å². The third-order valence-electron chi connectivity index (χ3n) is 5.44. The van der Waals surface area contributed by atoms with Crippen LogP contribution < -0.4 is 10.1 Å². The number of methoxy groups -OCH3 is 1. The van der Waals surface area contributed by atoms with Gasteiger partial charge in [0.15, 0.2) is 0 Å². The van der Waals surface area contributed by atoms with Crippen LogP contribution in [0.5, 0.6) is 5.75 Å². The Labute approximate surface area is 158 Å². The van der Waals surface area contributed by atoms with Gasteiger partial charge in [-0.2, -0.15) is 0 Å². The molecule has 2 aliphatic rings. The molecule has 2 fully saturated rings. The number of ether oxygens (including phenoxy) is 1. The van der Waals surface area contributed by atoms with Crippen molar-refractivity contribution in [3.63, 3.8) is 0 Å². The fourth-order valence-electron chi connectivity index (χ4n) is 4.12. The monoisotopic (exact) mass is 375 g/mol. The van der Waals surface area contributed by atoms with E-state index in [0.717, 1.165) is 12.0 Å². The molecule has 2 aliphatic heterocycles. The normalized spacial score (nSPS) is 22.2. The summed E-state index contributed by atoms with van der Waals surface area (Å²) in [5.41, 5.74) is 0.588. The van der Waals surface area contributed by atoms with E-state index in [1.165, 1.54) is 4.90 Å². The highest BCUT2D eigenvalue weighted by Gasteiger charge is 2.53. The fraction of sp³-hybridized carbons (Fsp3) is 0.526. The predicted octanol–water partition coefficient (Wildman–Crippen LogP) is 2.08. The van der Waals surface area contributed by atoms with Gasteiger partial charge in [-0.3, -0.25) is 9.59 Å². The number of carbonyl (C=O) groups is 3. The molecule has 27 heavy (non-hydrogen) atoms. The minimum Gasteiger partial charge on any atom is -0.497 e. The maximum absolute atomic E-state index is 13.0. The zero-order valence-corrected chi connectivity index (χ0v) is 15.7. The molecular weight excluding hydrogens is 350 g/mol. The van der Waals surface area contributed by atoms with Gasteiger partial charge in [0.05, 0.1) is 7.11 Å². The molecule has 1 aromatic carbocycles. The number of piperidine rings is 1. The Balaban J connectivity index is 1.80. The Kier molecular flexibility index (Phi) is 5.25. The number of anilines is 1. The number of carbonyl (C=O) groups excluding carboxylic acids is 2. The summed E-state index contributed by atoms with van der Waals surface area (Å²) in [5, 5.41) is 12.0. The van der Waals surface area contributed by atoms with Crippen LogP contribution in [0.1, 0.15) is 31.2 Å². The van der Waals surface area contributed by atoms with Crippen molar-refractivity contribution in [1.29, 1.82) is 0 Å². The second-order valence-electron chi connectivity index (χ2n) is 7.12. The van der Waals surface area contributed by atoms with Gasteiger partial charge in [0.1, 0.15) is 17.8 Å². The number of likely N-dealkylation sites (tertiary alicyclic amines) is 2. The molecule has 8 nitrogen and oxygen atoms in total. The van der Waals surface area contributed by atoms with Crippen molar-refractivity contribution in [2.75, 3.05) is 32.1 Å². The summed E-state index contributed by atoms with van der Waals surface area (Å²) in [7, 11) is 1.58. The molecule has 2 N–H and O–H groups in total. The van der Waals surface area contributed by atoms with Crippen LogP contribution in [0, 0.1) is 6.92 Å². The van der Waals surface area contributed by atoms with Crippen molar-refractivity contribution in [1.82, 2.24) is 9.80 Å². The number of aryl methyl sites for hydroxylation is 1. The third kappa shape index (κ3) is 3.56. The summed E-state index contributed by atoms with van der Waals surface area (Å²) < 4.78 is 5.18. The summed E-state index contributed by atoms with van der Waals surface area (Å²) in [6.07, 6.45) is 2.54.